The molecule has 1 aromatic rings. The number of amides is 1. The minimum absolute atomic E-state index is 0.0529. The van der Waals surface area contributed by atoms with E-state index in [2.05, 4.69) is 51.2 Å². The molecule has 0 saturated carbocycles. The lowest BCUT2D eigenvalue weighted by Gasteiger charge is -2.26. The first-order chi connectivity index (χ1) is 9.99. The molecule has 21 heavy (non-hydrogen) atoms. The molecule has 1 amide bonds. The summed E-state index contributed by atoms with van der Waals surface area (Å²) >= 11 is 0. The van der Waals surface area contributed by atoms with Crippen LogP contribution in [0, 0.1) is 19.8 Å². The van der Waals surface area contributed by atoms with Crippen molar-refractivity contribution in [2.45, 2.75) is 53.1 Å². The van der Waals surface area contributed by atoms with E-state index in [9.17, 15) is 4.79 Å². The lowest BCUT2D eigenvalue weighted by molar-refractivity contribution is -0.128. The van der Waals surface area contributed by atoms with E-state index in [1.54, 1.807) is 0 Å². The Kier molecular flexibility index (Phi) is 5.40. The maximum atomic E-state index is 12.1. The molecule has 1 aliphatic heterocycles. The summed E-state index contributed by atoms with van der Waals surface area (Å²) in [5.41, 5.74) is 3.76. The first-order valence-electron chi connectivity index (χ1n) is 8.09. The highest BCUT2D eigenvalue weighted by Gasteiger charge is 2.31. The highest BCUT2D eigenvalue weighted by molar-refractivity contribution is 5.81. The van der Waals surface area contributed by atoms with Crippen LogP contribution in [-0.4, -0.2) is 23.9 Å². The van der Waals surface area contributed by atoms with E-state index in [4.69, 9.17) is 0 Å². The van der Waals surface area contributed by atoms with Gasteiger partial charge in [-0.15, -0.1) is 0 Å². The molecular weight excluding hydrogens is 260 g/mol. The standard InChI is InChI=1S/C18H28N2O/c1-13(2)7-5-6-10-20-17(21)12-19-18(20)16-9-8-14(3)11-15(16)4/h8-9,11,13,18-19H,5-7,10,12H2,1-4H3. The van der Waals surface area contributed by atoms with Gasteiger partial charge < -0.3 is 4.90 Å². The van der Waals surface area contributed by atoms with Crippen LogP contribution >= 0.6 is 0 Å². The van der Waals surface area contributed by atoms with E-state index < -0.39 is 0 Å². The molecule has 1 heterocycles. The van der Waals surface area contributed by atoms with Crippen LogP contribution in [0.1, 0.15) is 56.0 Å². The second-order valence-corrected chi connectivity index (χ2v) is 6.62. The molecule has 3 heteroatoms. The smallest absolute Gasteiger partial charge is 0.238 e. The van der Waals surface area contributed by atoms with Crippen LogP contribution in [-0.2, 0) is 4.79 Å². The highest BCUT2D eigenvalue weighted by atomic mass is 16.2. The summed E-state index contributed by atoms with van der Waals surface area (Å²) in [5, 5.41) is 3.36. The van der Waals surface area contributed by atoms with Crippen molar-refractivity contribution in [3.05, 3.63) is 34.9 Å². The van der Waals surface area contributed by atoms with Crippen LogP contribution in [0.2, 0.25) is 0 Å². The van der Waals surface area contributed by atoms with Gasteiger partial charge in [0.1, 0.15) is 6.17 Å². The number of carbonyl (C=O) groups is 1. The van der Waals surface area contributed by atoms with Gasteiger partial charge in [-0.05, 0) is 37.3 Å². The fourth-order valence-corrected chi connectivity index (χ4v) is 3.04. The molecule has 0 aliphatic carbocycles. The number of aryl methyl sites for hydroxylation is 2. The lowest BCUT2D eigenvalue weighted by Crippen LogP contribution is -2.31. The van der Waals surface area contributed by atoms with Crippen molar-refractivity contribution in [2.24, 2.45) is 5.92 Å². The van der Waals surface area contributed by atoms with E-state index in [1.807, 2.05) is 4.90 Å². The number of hydrogen-bond acceptors (Lipinski definition) is 2. The highest BCUT2D eigenvalue weighted by Crippen LogP contribution is 2.26. The third-order valence-corrected chi connectivity index (χ3v) is 4.23. The number of unbranched alkanes of at least 4 members (excludes halogenated alkanes) is 1. The first kappa shape index (κ1) is 16.0. The zero-order chi connectivity index (χ0) is 15.4. The monoisotopic (exact) mass is 288 g/mol. The van der Waals surface area contributed by atoms with Crippen LogP contribution in [0.25, 0.3) is 0 Å². The largest absolute Gasteiger partial charge is 0.322 e. The second-order valence-electron chi connectivity index (χ2n) is 6.62. The summed E-state index contributed by atoms with van der Waals surface area (Å²) in [6, 6.07) is 6.47. The van der Waals surface area contributed by atoms with Crippen molar-refractivity contribution >= 4 is 5.91 Å². The molecule has 116 valence electrons. The van der Waals surface area contributed by atoms with Crippen LogP contribution in [0.5, 0.6) is 0 Å². The Balaban J connectivity index is 2.02. The molecule has 2 rings (SSSR count). The normalized spacial score (nSPS) is 18.8. The van der Waals surface area contributed by atoms with Gasteiger partial charge in [0.05, 0.1) is 6.54 Å². The van der Waals surface area contributed by atoms with Crippen molar-refractivity contribution in [1.82, 2.24) is 10.2 Å². The Labute approximate surface area is 128 Å². The Bertz CT molecular complexity index is 496. The number of rotatable bonds is 6. The maximum absolute atomic E-state index is 12.1. The van der Waals surface area contributed by atoms with Crippen molar-refractivity contribution < 1.29 is 4.79 Å². The molecule has 1 N–H and O–H groups in total. The predicted molar refractivity (Wildman–Crippen MR) is 87.1 cm³/mol. The van der Waals surface area contributed by atoms with Gasteiger partial charge in [0.25, 0.3) is 0 Å². The number of nitrogens with one attached hydrogen (secondary N) is 1. The molecule has 1 atom stereocenters. The molecule has 1 fully saturated rings. The van der Waals surface area contributed by atoms with Gasteiger partial charge >= 0.3 is 0 Å². The average molecular weight is 288 g/mol. The van der Waals surface area contributed by atoms with E-state index in [0.29, 0.717) is 6.54 Å². The minimum Gasteiger partial charge on any atom is -0.322 e. The quantitative estimate of drug-likeness (QED) is 0.812. The van der Waals surface area contributed by atoms with Gasteiger partial charge in [0.15, 0.2) is 0 Å². The molecule has 0 bridgehead atoms. The minimum atomic E-state index is 0.0529. The summed E-state index contributed by atoms with van der Waals surface area (Å²) in [4.78, 5) is 14.1. The molecular formula is C18H28N2O. The maximum Gasteiger partial charge on any atom is 0.238 e. The van der Waals surface area contributed by atoms with Crippen LogP contribution in [0.4, 0.5) is 0 Å². The van der Waals surface area contributed by atoms with Crippen LogP contribution in [0.15, 0.2) is 18.2 Å². The van der Waals surface area contributed by atoms with E-state index in [0.717, 1.165) is 18.9 Å². The molecule has 1 unspecified atom stereocenters. The van der Waals surface area contributed by atoms with Gasteiger partial charge in [-0.3, -0.25) is 10.1 Å². The summed E-state index contributed by atoms with van der Waals surface area (Å²) in [6.45, 7) is 10.1. The Morgan fingerprint density at radius 1 is 1.29 bits per heavy atom. The molecule has 1 saturated heterocycles. The summed E-state index contributed by atoms with van der Waals surface area (Å²) < 4.78 is 0. The Morgan fingerprint density at radius 2 is 2.05 bits per heavy atom. The molecule has 1 aromatic carbocycles. The summed E-state index contributed by atoms with van der Waals surface area (Å²) in [5.74, 6) is 0.970. The van der Waals surface area contributed by atoms with Gasteiger partial charge in [0.2, 0.25) is 5.91 Å². The topological polar surface area (TPSA) is 32.3 Å². The van der Waals surface area contributed by atoms with Crippen LogP contribution < -0.4 is 5.32 Å². The van der Waals surface area contributed by atoms with Gasteiger partial charge in [0, 0.05) is 6.54 Å². The van der Waals surface area contributed by atoms with E-state index in [-0.39, 0.29) is 12.1 Å². The predicted octanol–water partition coefficient (Wildman–Crippen LogP) is 3.56. The van der Waals surface area contributed by atoms with Gasteiger partial charge in [-0.2, -0.15) is 0 Å². The molecule has 3 nitrogen and oxygen atoms in total. The fourth-order valence-electron chi connectivity index (χ4n) is 3.04. The Morgan fingerprint density at radius 3 is 2.71 bits per heavy atom. The van der Waals surface area contributed by atoms with Crippen molar-refractivity contribution in [2.75, 3.05) is 13.1 Å². The number of nitrogens with zero attached hydrogens (tertiary/aromatic N) is 1. The van der Waals surface area contributed by atoms with Gasteiger partial charge in [-0.25, -0.2) is 0 Å². The molecule has 0 spiro atoms. The number of carbonyl (C=O) groups excluding carboxylic acids is 1. The first-order valence-corrected chi connectivity index (χ1v) is 8.09. The van der Waals surface area contributed by atoms with Crippen molar-refractivity contribution in [3.8, 4) is 0 Å². The molecule has 0 aromatic heterocycles. The average Bonchev–Trinajstić information content (AvgIpc) is 2.76. The number of benzene rings is 1. The molecule has 1 aliphatic rings. The Hall–Kier alpha value is -1.35. The van der Waals surface area contributed by atoms with Crippen LogP contribution in [0.3, 0.4) is 0 Å². The van der Waals surface area contributed by atoms with Crippen molar-refractivity contribution in [3.63, 3.8) is 0 Å². The zero-order valence-corrected chi connectivity index (χ0v) is 13.8. The summed E-state index contributed by atoms with van der Waals surface area (Å²) in [6.07, 6.45) is 3.58. The third kappa shape index (κ3) is 4.07. The summed E-state index contributed by atoms with van der Waals surface area (Å²) in [7, 11) is 0. The zero-order valence-electron chi connectivity index (χ0n) is 13.8. The SMILES string of the molecule is Cc1ccc(C2NCC(=O)N2CCCCC(C)C)c(C)c1. The van der Waals surface area contributed by atoms with Crippen molar-refractivity contribution in [1.29, 1.82) is 0 Å². The lowest BCUT2D eigenvalue weighted by atomic mass is 10.0. The number of hydrogen-bond donors (Lipinski definition) is 1. The van der Waals surface area contributed by atoms with Gasteiger partial charge in [-0.1, -0.05) is 50.5 Å². The van der Waals surface area contributed by atoms with E-state index >= 15 is 0 Å². The second kappa shape index (κ2) is 7.08. The van der Waals surface area contributed by atoms with E-state index in [1.165, 1.54) is 29.5 Å². The fraction of sp³-hybridized carbons (Fsp3) is 0.611. The third-order valence-electron chi connectivity index (χ3n) is 4.23. The molecule has 0 radical (unpaired) electrons.